The number of ether oxygens (including phenoxy) is 2. The summed E-state index contributed by atoms with van der Waals surface area (Å²) in [6.07, 6.45) is 3.45. The Morgan fingerprint density at radius 3 is 2.43 bits per heavy atom. The van der Waals surface area contributed by atoms with Crippen molar-refractivity contribution >= 4 is 19.8 Å². The topological polar surface area (TPSA) is 82.8 Å². The quantitative estimate of drug-likeness (QED) is 0.150. The van der Waals surface area contributed by atoms with Crippen molar-refractivity contribution in [3.8, 4) is 22.9 Å². The Kier molecular flexibility index (Phi) is 9.03. The Balaban J connectivity index is 1.34. The highest BCUT2D eigenvalue weighted by molar-refractivity contribution is 6.74. The largest absolute Gasteiger partial charge is 0.497 e. The summed E-state index contributed by atoms with van der Waals surface area (Å²) in [6, 6.07) is 19.9. The summed E-state index contributed by atoms with van der Waals surface area (Å²) in [5, 5.41) is 8.34. The third kappa shape index (κ3) is 7.08. The minimum atomic E-state index is -1.98. The molecule has 2 aromatic carbocycles. The number of benzene rings is 2. The number of imidazole rings is 1. The predicted molar refractivity (Wildman–Crippen MR) is 174 cm³/mol. The molecule has 0 aliphatic rings. The Bertz CT molecular complexity index is 1730. The van der Waals surface area contributed by atoms with Gasteiger partial charge in [-0.2, -0.15) is 0 Å². The standard InChI is InChI=1S/C34H40FN5O3Si/c1-23(29-18-26(35)11-10-25(29)22-43-44(6,7)34(2,3)4)38-32-14-15-33-37-20-31(40(33)39-32)30-19-28(16-17-36-30)42-21-24-8-12-27(41-5)13-9-24/h8-20,23H,21-22H2,1-7H3,(H,38,39). The summed E-state index contributed by atoms with van der Waals surface area (Å²) in [6.45, 7) is 13.9. The number of hydrogen-bond donors (Lipinski definition) is 1. The second-order valence-electron chi connectivity index (χ2n) is 12.4. The van der Waals surface area contributed by atoms with Crippen LogP contribution in [0, 0.1) is 5.82 Å². The van der Waals surface area contributed by atoms with E-state index < -0.39 is 8.32 Å². The summed E-state index contributed by atoms with van der Waals surface area (Å²) in [5.74, 6) is 1.82. The van der Waals surface area contributed by atoms with Gasteiger partial charge in [0.25, 0.3) is 0 Å². The van der Waals surface area contributed by atoms with Crippen molar-refractivity contribution in [1.82, 2.24) is 19.6 Å². The number of methoxy groups -OCH3 is 1. The number of hydrogen-bond acceptors (Lipinski definition) is 7. The maximum absolute atomic E-state index is 14.4. The molecule has 0 bridgehead atoms. The van der Waals surface area contributed by atoms with Crippen molar-refractivity contribution < 1.29 is 18.3 Å². The molecule has 1 N–H and O–H groups in total. The van der Waals surface area contributed by atoms with Gasteiger partial charge in [0, 0.05) is 12.3 Å². The van der Waals surface area contributed by atoms with Crippen LogP contribution in [0.1, 0.15) is 50.4 Å². The molecule has 0 fully saturated rings. The van der Waals surface area contributed by atoms with E-state index in [-0.39, 0.29) is 16.9 Å². The van der Waals surface area contributed by atoms with Crippen LogP contribution in [0.3, 0.4) is 0 Å². The number of pyridine rings is 1. The first-order valence-electron chi connectivity index (χ1n) is 14.7. The van der Waals surface area contributed by atoms with E-state index in [0.29, 0.717) is 36.1 Å². The van der Waals surface area contributed by atoms with E-state index >= 15 is 0 Å². The van der Waals surface area contributed by atoms with E-state index in [4.69, 9.17) is 19.0 Å². The van der Waals surface area contributed by atoms with E-state index in [1.165, 1.54) is 6.07 Å². The van der Waals surface area contributed by atoms with Crippen LogP contribution in [0.2, 0.25) is 18.1 Å². The van der Waals surface area contributed by atoms with Crippen LogP contribution in [-0.4, -0.2) is 35.0 Å². The van der Waals surface area contributed by atoms with Gasteiger partial charge >= 0.3 is 0 Å². The van der Waals surface area contributed by atoms with Crippen molar-refractivity contribution in [2.45, 2.75) is 65.1 Å². The first-order chi connectivity index (χ1) is 20.9. The normalized spacial score (nSPS) is 12.7. The Labute approximate surface area is 259 Å². The lowest BCUT2D eigenvalue weighted by Crippen LogP contribution is -2.40. The number of rotatable bonds is 11. The Morgan fingerprint density at radius 1 is 0.932 bits per heavy atom. The minimum Gasteiger partial charge on any atom is -0.497 e. The fourth-order valence-corrected chi connectivity index (χ4v) is 5.48. The molecule has 0 spiro atoms. The van der Waals surface area contributed by atoms with Gasteiger partial charge in [0.2, 0.25) is 0 Å². The smallest absolute Gasteiger partial charge is 0.192 e. The molecule has 10 heteroatoms. The lowest BCUT2D eigenvalue weighted by Gasteiger charge is -2.36. The molecule has 0 aliphatic carbocycles. The van der Waals surface area contributed by atoms with Crippen molar-refractivity contribution in [3.05, 3.63) is 102 Å². The van der Waals surface area contributed by atoms with Gasteiger partial charge in [-0.05, 0) is 84.2 Å². The molecule has 0 amide bonds. The molecule has 5 rings (SSSR count). The number of anilines is 1. The van der Waals surface area contributed by atoms with Gasteiger partial charge < -0.3 is 19.2 Å². The van der Waals surface area contributed by atoms with Gasteiger partial charge in [-0.25, -0.2) is 13.9 Å². The molecule has 5 aromatic rings. The number of aromatic nitrogens is 4. The average Bonchev–Trinajstić information content (AvgIpc) is 3.42. The fraction of sp³-hybridized carbons (Fsp3) is 0.324. The van der Waals surface area contributed by atoms with Crippen LogP contribution in [0.25, 0.3) is 17.0 Å². The molecular formula is C34H40FN5O3Si. The maximum Gasteiger partial charge on any atom is 0.192 e. The predicted octanol–water partition coefficient (Wildman–Crippen LogP) is 8.21. The highest BCUT2D eigenvalue weighted by Gasteiger charge is 2.37. The lowest BCUT2D eigenvalue weighted by atomic mass is 10.0. The van der Waals surface area contributed by atoms with Crippen LogP contribution in [0.5, 0.6) is 11.5 Å². The average molecular weight is 614 g/mol. The lowest BCUT2D eigenvalue weighted by molar-refractivity contribution is 0.275. The number of nitrogens with zero attached hydrogens (tertiary/aromatic N) is 4. The van der Waals surface area contributed by atoms with E-state index in [0.717, 1.165) is 28.1 Å². The van der Waals surface area contributed by atoms with Crippen LogP contribution in [0.4, 0.5) is 10.2 Å². The Morgan fingerprint density at radius 2 is 1.70 bits per heavy atom. The molecule has 1 unspecified atom stereocenters. The van der Waals surface area contributed by atoms with Gasteiger partial charge in [-0.3, -0.25) is 4.98 Å². The highest BCUT2D eigenvalue weighted by Crippen LogP contribution is 2.37. The first-order valence-corrected chi connectivity index (χ1v) is 17.6. The second kappa shape index (κ2) is 12.8. The van der Waals surface area contributed by atoms with Crippen LogP contribution in [-0.2, 0) is 17.6 Å². The zero-order valence-corrected chi connectivity index (χ0v) is 27.4. The van der Waals surface area contributed by atoms with E-state index in [1.807, 2.05) is 61.5 Å². The van der Waals surface area contributed by atoms with Gasteiger partial charge in [-0.1, -0.05) is 39.0 Å². The Hall–Kier alpha value is -4.28. The van der Waals surface area contributed by atoms with Gasteiger partial charge in [0.1, 0.15) is 35.4 Å². The monoisotopic (exact) mass is 613 g/mol. The molecule has 1 atom stereocenters. The van der Waals surface area contributed by atoms with Crippen LogP contribution < -0.4 is 14.8 Å². The highest BCUT2D eigenvalue weighted by atomic mass is 28.4. The summed E-state index contributed by atoms with van der Waals surface area (Å²) < 4.78 is 33.9. The van der Waals surface area contributed by atoms with Crippen molar-refractivity contribution in [1.29, 1.82) is 0 Å². The fourth-order valence-electron chi connectivity index (χ4n) is 4.53. The van der Waals surface area contributed by atoms with E-state index in [9.17, 15) is 4.39 Å². The summed E-state index contributed by atoms with van der Waals surface area (Å²) in [7, 11) is -0.336. The SMILES string of the molecule is COc1ccc(COc2ccnc(-c3cnc4ccc(NC(C)c5cc(F)ccc5CO[Si](C)(C)C(C)(C)C)nn34)c2)cc1. The molecule has 8 nitrogen and oxygen atoms in total. The first kappa shape index (κ1) is 31.2. The molecule has 3 aromatic heterocycles. The van der Waals surface area contributed by atoms with Crippen molar-refractivity contribution in [2.24, 2.45) is 0 Å². The molecule has 0 radical (unpaired) electrons. The summed E-state index contributed by atoms with van der Waals surface area (Å²) in [4.78, 5) is 9.08. The van der Waals surface area contributed by atoms with E-state index in [1.54, 1.807) is 30.1 Å². The molecular weight excluding hydrogens is 573 g/mol. The van der Waals surface area contributed by atoms with E-state index in [2.05, 4.69) is 49.1 Å². The van der Waals surface area contributed by atoms with Crippen LogP contribution >= 0.6 is 0 Å². The molecule has 0 aliphatic heterocycles. The van der Waals surface area contributed by atoms with Crippen molar-refractivity contribution in [3.63, 3.8) is 0 Å². The van der Waals surface area contributed by atoms with Crippen molar-refractivity contribution in [2.75, 3.05) is 12.4 Å². The second-order valence-corrected chi connectivity index (χ2v) is 17.2. The third-order valence-corrected chi connectivity index (χ3v) is 12.7. The summed E-state index contributed by atoms with van der Waals surface area (Å²) in [5.41, 5.74) is 4.89. The van der Waals surface area contributed by atoms with Gasteiger partial charge in [0.05, 0.1) is 31.6 Å². The maximum atomic E-state index is 14.4. The molecule has 0 saturated heterocycles. The number of nitrogens with one attached hydrogen (secondary N) is 1. The molecule has 44 heavy (non-hydrogen) atoms. The van der Waals surface area contributed by atoms with Gasteiger partial charge in [0.15, 0.2) is 14.0 Å². The molecule has 0 saturated carbocycles. The zero-order valence-electron chi connectivity index (χ0n) is 26.4. The minimum absolute atomic E-state index is 0.0793. The molecule has 230 valence electrons. The van der Waals surface area contributed by atoms with Gasteiger partial charge in [-0.15, -0.1) is 5.10 Å². The summed E-state index contributed by atoms with van der Waals surface area (Å²) >= 11 is 0. The zero-order chi connectivity index (χ0) is 31.5. The molecule has 3 heterocycles. The van der Waals surface area contributed by atoms with Crippen LogP contribution in [0.15, 0.2) is 79.1 Å². The number of halogens is 1. The number of fused-ring (bicyclic) bond motifs is 1. The third-order valence-electron chi connectivity index (χ3n) is 8.25.